The van der Waals surface area contributed by atoms with Crippen molar-refractivity contribution < 1.29 is 4.74 Å². The van der Waals surface area contributed by atoms with Gasteiger partial charge in [-0.1, -0.05) is 28.1 Å². The first-order chi connectivity index (χ1) is 7.13. The van der Waals surface area contributed by atoms with Crippen LogP contribution in [0.2, 0.25) is 0 Å². The van der Waals surface area contributed by atoms with Gasteiger partial charge in [0.2, 0.25) is 0 Å². The van der Waals surface area contributed by atoms with Gasteiger partial charge in [0.05, 0.1) is 6.61 Å². The molecule has 0 radical (unpaired) electrons. The van der Waals surface area contributed by atoms with Crippen molar-refractivity contribution >= 4 is 15.9 Å². The zero-order valence-electron chi connectivity index (χ0n) is 9.46. The monoisotopic (exact) mass is 271 g/mol. The molecule has 0 aliphatic carbocycles. The van der Waals surface area contributed by atoms with E-state index in [1.54, 1.807) is 7.11 Å². The topological polar surface area (TPSA) is 21.3 Å². The van der Waals surface area contributed by atoms with E-state index in [0.29, 0.717) is 12.1 Å². The van der Waals surface area contributed by atoms with Crippen molar-refractivity contribution in [2.24, 2.45) is 0 Å². The summed E-state index contributed by atoms with van der Waals surface area (Å²) in [4.78, 5) is 0. The summed E-state index contributed by atoms with van der Waals surface area (Å²) in [6.45, 7) is 5.02. The van der Waals surface area contributed by atoms with Crippen LogP contribution in [0.1, 0.15) is 25.5 Å². The number of hydrogen-bond acceptors (Lipinski definition) is 2. The Morgan fingerprint density at radius 3 is 2.40 bits per heavy atom. The molecule has 2 unspecified atom stereocenters. The summed E-state index contributed by atoms with van der Waals surface area (Å²) < 4.78 is 6.20. The Morgan fingerprint density at radius 2 is 1.87 bits per heavy atom. The molecular weight excluding hydrogens is 254 g/mol. The highest BCUT2D eigenvalue weighted by molar-refractivity contribution is 9.10. The molecule has 3 heteroatoms. The van der Waals surface area contributed by atoms with Gasteiger partial charge in [-0.05, 0) is 31.5 Å². The van der Waals surface area contributed by atoms with Crippen molar-refractivity contribution in [2.75, 3.05) is 13.7 Å². The Bertz CT molecular complexity index is 286. The van der Waals surface area contributed by atoms with Crippen LogP contribution in [0.4, 0.5) is 0 Å². The number of hydrogen-bond donors (Lipinski definition) is 1. The summed E-state index contributed by atoms with van der Waals surface area (Å²) in [5.74, 6) is 0. The highest BCUT2D eigenvalue weighted by atomic mass is 79.9. The Morgan fingerprint density at radius 1 is 1.27 bits per heavy atom. The lowest BCUT2D eigenvalue weighted by Gasteiger charge is -2.19. The van der Waals surface area contributed by atoms with Crippen LogP contribution in [-0.4, -0.2) is 19.8 Å². The fraction of sp³-hybridized carbons (Fsp3) is 0.500. The molecule has 0 aliphatic heterocycles. The molecule has 84 valence electrons. The number of nitrogens with one attached hydrogen (secondary N) is 1. The van der Waals surface area contributed by atoms with Crippen LogP contribution in [0.5, 0.6) is 0 Å². The van der Waals surface area contributed by atoms with Gasteiger partial charge in [0.1, 0.15) is 0 Å². The zero-order chi connectivity index (χ0) is 11.3. The van der Waals surface area contributed by atoms with Crippen molar-refractivity contribution in [2.45, 2.75) is 25.9 Å². The first-order valence-corrected chi connectivity index (χ1v) is 5.93. The van der Waals surface area contributed by atoms with Crippen molar-refractivity contribution in [1.82, 2.24) is 5.32 Å². The van der Waals surface area contributed by atoms with Gasteiger partial charge >= 0.3 is 0 Å². The lowest BCUT2D eigenvalue weighted by atomic mass is 10.1. The second kappa shape index (κ2) is 6.26. The smallest absolute Gasteiger partial charge is 0.0613 e. The van der Waals surface area contributed by atoms with Gasteiger partial charge in [-0.25, -0.2) is 0 Å². The van der Waals surface area contributed by atoms with Gasteiger partial charge in [-0.2, -0.15) is 0 Å². The van der Waals surface area contributed by atoms with E-state index in [9.17, 15) is 0 Å². The number of rotatable bonds is 5. The van der Waals surface area contributed by atoms with E-state index < -0.39 is 0 Å². The van der Waals surface area contributed by atoms with Gasteiger partial charge in [0.15, 0.2) is 0 Å². The van der Waals surface area contributed by atoms with Crippen LogP contribution in [0.25, 0.3) is 0 Å². The Labute approximate surface area is 100 Å². The standard InChI is InChI=1S/C12H18BrNO/c1-9(8-15-3)14-10(2)11-4-6-12(13)7-5-11/h4-7,9-10,14H,8H2,1-3H3. The minimum Gasteiger partial charge on any atom is -0.383 e. The van der Waals surface area contributed by atoms with Crippen LogP contribution in [0.3, 0.4) is 0 Å². The Kier molecular flexibility index (Phi) is 5.29. The maximum Gasteiger partial charge on any atom is 0.0613 e. The molecule has 0 heterocycles. The van der Waals surface area contributed by atoms with Crippen LogP contribution >= 0.6 is 15.9 Å². The second-order valence-electron chi connectivity index (χ2n) is 3.80. The molecule has 1 aromatic rings. The molecule has 1 N–H and O–H groups in total. The van der Waals surface area contributed by atoms with Crippen molar-refractivity contribution in [3.8, 4) is 0 Å². The van der Waals surface area contributed by atoms with Crippen LogP contribution < -0.4 is 5.32 Å². The largest absolute Gasteiger partial charge is 0.383 e. The average molecular weight is 272 g/mol. The van der Waals surface area contributed by atoms with Gasteiger partial charge in [0.25, 0.3) is 0 Å². The highest BCUT2D eigenvalue weighted by Gasteiger charge is 2.08. The molecule has 1 rings (SSSR count). The molecule has 0 saturated carbocycles. The van der Waals surface area contributed by atoms with E-state index in [-0.39, 0.29) is 0 Å². The van der Waals surface area contributed by atoms with Gasteiger partial charge in [-0.15, -0.1) is 0 Å². The Balaban J connectivity index is 2.53. The first-order valence-electron chi connectivity index (χ1n) is 5.14. The lowest BCUT2D eigenvalue weighted by molar-refractivity contribution is 0.168. The minimum atomic E-state index is 0.350. The molecule has 1 aromatic carbocycles. The SMILES string of the molecule is COCC(C)NC(C)c1ccc(Br)cc1. The molecule has 2 atom stereocenters. The number of halogens is 1. The third-order valence-corrected chi connectivity index (χ3v) is 2.85. The maximum atomic E-state index is 5.09. The first kappa shape index (κ1) is 12.7. The van der Waals surface area contributed by atoms with E-state index in [4.69, 9.17) is 4.74 Å². The van der Waals surface area contributed by atoms with Crippen molar-refractivity contribution in [3.63, 3.8) is 0 Å². The minimum absolute atomic E-state index is 0.350. The predicted octanol–water partition coefficient (Wildman–Crippen LogP) is 3.13. The molecule has 0 saturated heterocycles. The molecule has 0 amide bonds. The second-order valence-corrected chi connectivity index (χ2v) is 4.71. The molecule has 0 aromatic heterocycles. The molecule has 2 nitrogen and oxygen atoms in total. The number of ether oxygens (including phenoxy) is 1. The number of benzene rings is 1. The molecular formula is C12H18BrNO. The fourth-order valence-corrected chi connectivity index (χ4v) is 1.84. The summed E-state index contributed by atoms with van der Waals surface area (Å²) in [5, 5.41) is 3.48. The average Bonchev–Trinajstić information content (AvgIpc) is 2.18. The maximum absolute atomic E-state index is 5.09. The van der Waals surface area contributed by atoms with Gasteiger partial charge in [-0.3, -0.25) is 0 Å². The normalized spacial score (nSPS) is 14.9. The highest BCUT2D eigenvalue weighted by Crippen LogP contribution is 2.16. The third-order valence-electron chi connectivity index (χ3n) is 2.32. The van der Waals surface area contributed by atoms with Crippen molar-refractivity contribution in [3.05, 3.63) is 34.3 Å². The summed E-state index contributed by atoms with van der Waals surface area (Å²) in [7, 11) is 1.72. The van der Waals surface area contributed by atoms with Crippen LogP contribution in [0, 0.1) is 0 Å². The molecule has 0 spiro atoms. The molecule has 0 aliphatic rings. The zero-order valence-corrected chi connectivity index (χ0v) is 11.0. The fourth-order valence-electron chi connectivity index (χ4n) is 1.57. The quantitative estimate of drug-likeness (QED) is 0.889. The van der Waals surface area contributed by atoms with E-state index >= 15 is 0 Å². The van der Waals surface area contributed by atoms with Gasteiger partial charge < -0.3 is 10.1 Å². The number of methoxy groups -OCH3 is 1. The van der Waals surface area contributed by atoms with Crippen LogP contribution in [-0.2, 0) is 4.74 Å². The summed E-state index contributed by atoms with van der Waals surface area (Å²) in [6, 6.07) is 9.10. The van der Waals surface area contributed by atoms with E-state index in [1.807, 2.05) is 0 Å². The summed E-state index contributed by atoms with van der Waals surface area (Å²) in [5.41, 5.74) is 1.29. The molecule has 0 bridgehead atoms. The molecule has 15 heavy (non-hydrogen) atoms. The lowest BCUT2D eigenvalue weighted by Crippen LogP contribution is -2.32. The third kappa shape index (κ3) is 4.33. The summed E-state index contributed by atoms with van der Waals surface area (Å²) >= 11 is 3.43. The van der Waals surface area contributed by atoms with E-state index in [0.717, 1.165) is 11.1 Å². The van der Waals surface area contributed by atoms with E-state index in [2.05, 4.69) is 59.4 Å². The van der Waals surface area contributed by atoms with E-state index in [1.165, 1.54) is 5.56 Å². The summed E-state index contributed by atoms with van der Waals surface area (Å²) in [6.07, 6.45) is 0. The Hall–Kier alpha value is -0.380. The molecule has 0 fully saturated rings. The van der Waals surface area contributed by atoms with Gasteiger partial charge in [0, 0.05) is 23.7 Å². The van der Waals surface area contributed by atoms with Crippen LogP contribution in [0.15, 0.2) is 28.7 Å². The van der Waals surface area contributed by atoms with Crippen molar-refractivity contribution in [1.29, 1.82) is 0 Å². The predicted molar refractivity (Wildman–Crippen MR) is 67.0 cm³/mol.